The maximum atomic E-state index is 7.18. The van der Waals surface area contributed by atoms with Crippen LogP contribution in [0.4, 0.5) is 0 Å². The van der Waals surface area contributed by atoms with E-state index in [1.807, 2.05) is 0 Å². The Morgan fingerprint density at radius 1 is 0.480 bits per heavy atom. The molecule has 9 aromatic rings. The maximum Gasteiger partial charge on any atom is 0.149 e. The third-order valence-electron chi connectivity index (χ3n) is 10.2. The number of hydrogen-bond acceptors (Lipinski definition) is 2. The molecule has 2 heterocycles. The van der Waals surface area contributed by atoms with Crippen LogP contribution in [0.25, 0.3) is 94.9 Å². The van der Waals surface area contributed by atoms with Crippen molar-refractivity contribution >= 4 is 22.0 Å². The van der Waals surface area contributed by atoms with E-state index in [1.165, 1.54) is 38.9 Å². The predicted molar refractivity (Wildman–Crippen MR) is 206 cm³/mol. The van der Waals surface area contributed by atoms with E-state index in [2.05, 4.69) is 176 Å². The molecular formula is C47H32N2O. The topological polar surface area (TPSA) is 31.0 Å². The molecule has 0 unspecified atom stereocenters. The Kier molecular flexibility index (Phi) is 6.31. The van der Waals surface area contributed by atoms with Gasteiger partial charge in [-0.3, -0.25) is 4.57 Å². The smallest absolute Gasteiger partial charge is 0.149 e. The Balaban J connectivity index is 1.28. The molecule has 236 valence electrons. The van der Waals surface area contributed by atoms with Crippen molar-refractivity contribution in [1.29, 1.82) is 0 Å². The van der Waals surface area contributed by atoms with Crippen molar-refractivity contribution < 1.29 is 4.42 Å². The van der Waals surface area contributed by atoms with Crippen LogP contribution in [0.15, 0.2) is 162 Å². The Hall–Kier alpha value is -6.45. The molecule has 0 amide bonds. The molecule has 3 nitrogen and oxygen atoms in total. The van der Waals surface area contributed by atoms with Crippen LogP contribution in [0, 0.1) is 13.8 Å². The van der Waals surface area contributed by atoms with Gasteiger partial charge in [-0.05, 0) is 94.3 Å². The number of fused-ring (bicyclic) bond motifs is 11. The zero-order valence-corrected chi connectivity index (χ0v) is 27.8. The van der Waals surface area contributed by atoms with Crippen LogP contribution in [-0.2, 0) is 0 Å². The molecular weight excluding hydrogens is 609 g/mol. The van der Waals surface area contributed by atoms with E-state index in [1.54, 1.807) is 0 Å². The van der Waals surface area contributed by atoms with Gasteiger partial charge in [0.1, 0.15) is 17.2 Å². The van der Waals surface area contributed by atoms with Gasteiger partial charge in [0, 0.05) is 16.5 Å². The van der Waals surface area contributed by atoms with Crippen molar-refractivity contribution in [2.24, 2.45) is 0 Å². The summed E-state index contributed by atoms with van der Waals surface area (Å²) in [7, 11) is 0. The summed E-state index contributed by atoms with van der Waals surface area (Å²) >= 11 is 0. The van der Waals surface area contributed by atoms with E-state index >= 15 is 0 Å². The standard InChI is InChI=1S/C47H32N2O/c1-29-27-32(31-15-4-3-5-16-31)28-30(2)44(29)49-42-26-13-12-25-41(42)48-47(49)40-24-14-23-39-43-37-21-10-8-19-35(37)33-17-6-7-18-34(33)36-20-9-11-22-38(36)46(43)50-45(39)40/h3-28H,1-2H3. The number of rotatable bonds is 3. The van der Waals surface area contributed by atoms with Gasteiger partial charge < -0.3 is 4.42 Å². The van der Waals surface area contributed by atoms with Crippen molar-refractivity contribution in [2.75, 3.05) is 0 Å². The molecule has 50 heavy (non-hydrogen) atoms. The highest BCUT2D eigenvalue weighted by atomic mass is 16.3. The molecule has 1 aliphatic carbocycles. The summed E-state index contributed by atoms with van der Waals surface area (Å²) in [6.45, 7) is 4.41. The first kappa shape index (κ1) is 28.6. The first-order valence-electron chi connectivity index (χ1n) is 17.1. The van der Waals surface area contributed by atoms with E-state index in [0.717, 1.165) is 67.1 Å². The van der Waals surface area contributed by atoms with Crippen LogP contribution in [-0.4, -0.2) is 9.55 Å². The second-order valence-electron chi connectivity index (χ2n) is 13.2. The van der Waals surface area contributed by atoms with E-state index in [-0.39, 0.29) is 0 Å². The zero-order chi connectivity index (χ0) is 33.3. The van der Waals surface area contributed by atoms with Crippen molar-refractivity contribution in [2.45, 2.75) is 13.8 Å². The number of nitrogens with zero attached hydrogens (tertiary/aromatic N) is 2. The average Bonchev–Trinajstić information content (AvgIpc) is 3.73. The molecule has 7 aromatic carbocycles. The summed E-state index contributed by atoms with van der Waals surface area (Å²) in [4.78, 5) is 5.34. The molecule has 0 saturated carbocycles. The van der Waals surface area contributed by atoms with Gasteiger partial charge in [0.2, 0.25) is 0 Å². The van der Waals surface area contributed by atoms with Crippen LogP contribution in [0.5, 0.6) is 0 Å². The van der Waals surface area contributed by atoms with Gasteiger partial charge in [0.05, 0.1) is 22.3 Å². The second kappa shape index (κ2) is 11.0. The minimum Gasteiger partial charge on any atom is -0.455 e. The number of aryl methyl sites for hydroxylation is 2. The molecule has 0 fully saturated rings. The number of hydrogen-bond donors (Lipinski definition) is 0. The van der Waals surface area contributed by atoms with Gasteiger partial charge in [-0.25, -0.2) is 4.98 Å². The molecule has 0 saturated heterocycles. The lowest BCUT2D eigenvalue weighted by molar-refractivity contribution is 0.633. The van der Waals surface area contributed by atoms with Gasteiger partial charge >= 0.3 is 0 Å². The molecule has 2 aromatic heterocycles. The largest absolute Gasteiger partial charge is 0.455 e. The summed E-state index contributed by atoms with van der Waals surface area (Å²) in [6, 6.07) is 56.2. The Morgan fingerprint density at radius 2 is 1.02 bits per heavy atom. The lowest BCUT2D eigenvalue weighted by Gasteiger charge is -2.20. The summed E-state index contributed by atoms with van der Waals surface area (Å²) in [5.74, 6) is 1.74. The quantitative estimate of drug-likeness (QED) is 0.192. The number of benzene rings is 7. The van der Waals surface area contributed by atoms with Gasteiger partial charge in [-0.15, -0.1) is 0 Å². The summed E-state index contributed by atoms with van der Waals surface area (Å²) in [5.41, 5.74) is 17.9. The molecule has 0 aliphatic heterocycles. The van der Waals surface area contributed by atoms with Crippen molar-refractivity contribution in [3.63, 3.8) is 0 Å². The van der Waals surface area contributed by atoms with Gasteiger partial charge in [0.15, 0.2) is 0 Å². The molecule has 0 N–H and O–H groups in total. The first-order chi connectivity index (χ1) is 24.7. The van der Waals surface area contributed by atoms with Gasteiger partial charge in [-0.2, -0.15) is 0 Å². The Labute approximate surface area is 290 Å². The molecule has 0 bridgehead atoms. The zero-order valence-electron chi connectivity index (χ0n) is 27.8. The fourth-order valence-electron chi connectivity index (χ4n) is 8.10. The van der Waals surface area contributed by atoms with E-state index in [0.29, 0.717) is 0 Å². The first-order valence-corrected chi connectivity index (χ1v) is 17.1. The third-order valence-corrected chi connectivity index (χ3v) is 10.2. The lowest BCUT2D eigenvalue weighted by Crippen LogP contribution is -2.03. The third kappa shape index (κ3) is 4.20. The van der Waals surface area contributed by atoms with Gasteiger partial charge in [-0.1, -0.05) is 127 Å². The SMILES string of the molecule is Cc1cc(-c2ccccc2)cc(C)c1-n1c(-c2cccc3c4c(oc23)-c2ccccc2-c2ccccc2-c2ccccc2-4)nc2ccccc21. The maximum absolute atomic E-state index is 7.18. The fourth-order valence-corrected chi connectivity index (χ4v) is 8.10. The Morgan fingerprint density at radius 3 is 1.72 bits per heavy atom. The highest BCUT2D eigenvalue weighted by molar-refractivity contribution is 6.12. The van der Waals surface area contributed by atoms with Gasteiger partial charge in [0.25, 0.3) is 0 Å². The number of para-hydroxylation sites is 3. The highest BCUT2D eigenvalue weighted by Gasteiger charge is 2.29. The molecule has 1 aliphatic rings. The summed E-state index contributed by atoms with van der Waals surface area (Å²) < 4.78 is 9.52. The molecule has 0 radical (unpaired) electrons. The minimum atomic E-state index is 0.834. The number of furan rings is 1. The molecule has 3 heteroatoms. The van der Waals surface area contributed by atoms with Crippen LogP contribution in [0.2, 0.25) is 0 Å². The predicted octanol–water partition coefficient (Wildman–Crippen LogP) is 12.7. The molecule has 0 spiro atoms. The number of imidazole rings is 1. The minimum absolute atomic E-state index is 0.834. The fraction of sp³-hybridized carbons (Fsp3) is 0.0426. The van der Waals surface area contributed by atoms with Crippen molar-refractivity contribution in [1.82, 2.24) is 9.55 Å². The van der Waals surface area contributed by atoms with Crippen LogP contribution in [0.3, 0.4) is 0 Å². The summed E-state index contributed by atoms with van der Waals surface area (Å²) in [6.07, 6.45) is 0. The van der Waals surface area contributed by atoms with Crippen LogP contribution < -0.4 is 0 Å². The van der Waals surface area contributed by atoms with E-state index in [9.17, 15) is 0 Å². The number of aromatic nitrogens is 2. The van der Waals surface area contributed by atoms with E-state index < -0.39 is 0 Å². The van der Waals surface area contributed by atoms with Crippen LogP contribution >= 0.6 is 0 Å². The highest BCUT2D eigenvalue weighted by Crippen LogP contribution is 2.52. The average molecular weight is 641 g/mol. The van der Waals surface area contributed by atoms with Crippen molar-refractivity contribution in [3.05, 3.63) is 169 Å². The molecule has 0 atom stereocenters. The summed E-state index contributed by atoms with van der Waals surface area (Å²) in [5, 5.41) is 1.07. The normalized spacial score (nSPS) is 11.8. The Bertz CT molecular complexity index is 2760. The van der Waals surface area contributed by atoms with Crippen LogP contribution in [0.1, 0.15) is 11.1 Å². The molecule has 10 rings (SSSR count). The second-order valence-corrected chi connectivity index (χ2v) is 13.2. The lowest BCUT2D eigenvalue weighted by atomic mass is 9.83. The van der Waals surface area contributed by atoms with E-state index in [4.69, 9.17) is 9.40 Å². The monoisotopic (exact) mass is 640 g/mol. The van der Waals surface area contributed by atoms with Crippen molar-refractivity contribution in [3.8, 4) is 72.9 Å².